The predicted octanol–water partition coefficient (Wildman–Crippen LogP) is 2.04. The van der Waals surface area contributed by atoms with E-state index in [2.05, 4.69) is 14.7 Å². The lowest BCUT2D eigenvalue weighted by molar-refractivity contribution is -0.112. The molecule has 0 radical (unpaired) electrons. The number of hydrogen-bond donors (Lipinski definition) is 1. The molecule has 0 fully saturated rings. The highest BCUT2D eigenvalue weighted by atomic mass is 32.2. The van der Waals surface area contributed by atoms with Crippen LogP contribution in [0.25, 0.3) is 10.2 Å². The molecule has 0 saturated carbocycles. The Hall–Kier alpha value is -2.52. The Bertz CT molecular complexity index is 1080. The number of aryl methyl sites for hydroxylation is 1. The summed E-state index contributed by atoms with van der Waals surface area (Å²) in [7, 11) is -3.54. The largest absolute Gasteiger partial charge is 0.331 e. The topological polar surface area (TPSA) is 91.7 Å². The molecule has 0 aliphatic carbocycles. The van der Waals surface area contributed by atoms with Crippen LogP contribution in [0.1, 0.15) is 5.56 Å². The lowest BCUT2D eigenvalue weighted by Crippen LogP contribution is -2.40. The second-order valence-electron chi connectivity index (χ2n) is 5.71. The molecule has 0 unspecified atom stereocenters. The molecule has 3 heterocycles. The average Bonchev–Trinajstić information content (AvgIpc) is 2.97. The molecule has 25 heavy (non-hydrogen) atoms. The summed E-state index contributed by atoms with van der Waals surface area (Å²) < 4.78 is 28.3. The molecule has 0 atom stereocenters. The van der Waals surface area contributed by atoms with Gasteiger partial charge in [-0.3, -0.25) is 10.1 Å². The molecule has 128 valence electrons. The van der Waals surface area contributed by atoms with Crippen LogP contribution in [0.15, 0.2) is 46.5 Å². The van der Waals surface area contributed by atoms with Gasteiger partial charge in [-0.25, -0.2) is 13.4 Å². The fourth-order valence-corrected chi connectivity index (χ4v) is 4.62. The summed E-state index contributed by atoms with van der Waals surface area (Å²) in [6.45, 7) is 2.24. The molecule has 4 rings (SSSR count). The number of benzene rings is 1. The van der Waals surface area contributed by atoms with Gasteiger partial charge >= 0.3 is 0 Å². The number of anilines is 1. The van der Waals surface area contributed by atoms with E-state index in [4.69, 9.17) is 0 Å². The van der Waals surface area contributed by atoms with Gasteiger partial charge in [-0.2, -0.15) is 0 Å². The number of fused-ring (bicyclic) bond motifs is 2. The molecule has 0 saturated heterocycles. The highest BCUT2D eigenvalue weighted by Crippen LogP contribution is 2.28. The number of allylic oxidation sites excluding steroid dienone is 2. The lowest BCUT2D eigenvalue weighted by atomic mass is 10.1. The molecule has 9 heteroatoms. The summed E-state index contributed by atoms with van der Waals surface area (Å²) in [6.07, 6.45) is 4.98. The van der Waals surface area contributed by atoms with E-state index in [1.165, 1.54) is 11.3 Å². The summed E-state index contributed by atoms with van der Waals surface area (Å²) in [5, 5.41) is 3.22. The van der Waals surface area contributed by atoms with E-state index in [9.17, 15) is 13.2 Å². The molecule has 1 aromatic carbocycles. The molecule has 1 N–H and O–H groups in total. The number of carbonyl (C=O) groups excluding carboxylic acids is 1. The molecule has 2 aromatic rings. The van der Waals surface area contributed by atoms with Gasteiger partial charge in [0.05, 0.1) is 21.5 Å². The maximum absolute atomic E-state index is 12.6. The fourth-order valence-electron chi connectivity index (χ4n) is 2.70. The van der Waals surface area contributed by atoms with Crippen molar-refractivity contribution in [3.63, 3.8) is 0 Å². The van der Waals surface area contributed by atoms with Crippen LogP contribution in [0.5, 0.6) is 0 Å². The Morgan fingerprint density at radius 2 is 2.20 bits per heavy atom. The van der Waals surface area contributed by atoms with Gasteiger partial charge in [0.1, 0.15) is 0 Å². The minimum atomic E-state index is -3.54. The van der Waals surface area contributed by atoms with Gasteiger partial charge < -0.3 is 4.90 Å². The normalized spacial score (nSPS) is 18.5. The summed E-state index contributed by atoms with van der Waals surface area (Å²) in [5.41, 5.74) is 2.09. The smallest absolute Gasteiger partial charge is 0.261 e. The van der Waals surface area contributed by atoms with Crippen LogP contribution >= 0.6 is 11.3 Å². The standard InChI is InChI=1S/C16H14N4O3S2/c1-10-4-2-6-12-13(10)17-16(24-12)18-15(21)11-5-3-7-20-8-9-25(22,23)19-14(11)20/h2-7H,8-9H2,1H3,(H,17,18,21). The molecule has 2 aliphatic rings. The Balaban J connectivity index is 1.66. The van der Waals surface area contributed by atoms with E-state index in [0.29, 0.717) is 5.13 Å². The molecular weight excluding hydrogens is 360 g/mol. The number of sulfonamides is 1. The van der Waals surface area contributed by atoms with Crippen molar-refractivity contribution >= 4 is 48.5 Å². The second-order valence-corrected chi connectivity index (χ2v) is 8.50. The van der Waals surface area contributed by atoms with Crippen LogP contribution in [0, 0.1) is 6.92 Å². The van der Waals surface area contributed by atoms with Crippen molar-refractivity contribution in [3.05, 3.63) is 47.7 Å². The molecule has 1 amide bonds. The van der Waals surface area contributed by atoms with Crippen LogP contribution in [0.4, 0.5) is 5.13 Å². The van der Waals surface area contributed by atoms with Crippen molar-refractivity contribution in [1.29, 1.82) is 0 Å². The Morgan fingerprint density at radius 1 is 1.36 bits per heavy atom. The third-order valence-corrected chi connectivity index (χ3v) is 6.03. The number of hydrogen-bond acceptors (Lipinski definition) is 6. The van der Waals surface area contributed by atoms with E-state index >= 15 is 0 Å². The van der Waals surface area contributed by atoms with Gasteiger partial charge in [-0.05, 0) is 30.7 Å². The summed E-state index contributed by atoms with van der Waals surface area (Å²) >= 11 is 1.37. The zero-order chi connectivity index (χ0) is 17.6. The number of amides is 1. The average molecular weight is 374 g/mol. The fraction of sp³-hybridized carbons (Fsp3) is 0.188. The first kappa shape index (κ1) is 16.0. The molecular formula is C16H14N4O3S2. The number of thiazole rings is 1. The monoisotopic (exact) mass is 374 g/mol. The molecule has 7 nitrogen and oxygen atoms in total. The van der Waals surface area contributed by atoms with Gasteiger partial charge in [0.2, 0.25) is 0 Å². The summed E-state index contributed by atoms with van der Waals surface area (Å²) in [5.74, 6) is -0.335. The number of aromatic nitrogens is 1. The minimum Gasteiger partial charge on any atom is -0.331 e. The highest BCUT2D eigenvalue weighted by molar-refractivity contribution is 7.90. The summed E-state index contributed by atoms with van der Waals surface area (Å²) in [4.78, 5) is 18.8. The number of para-hydroxylation sites is 1. The van der Waals surface area contributed by atoms with Gasteiger partial charge in [-0.1, -0.05) is 23.5 Å². The Labute approximate surface area is 148 Å². The van der Waals surface area contributed by atoms with Gasteiger partial charge in [0.15, 0.2) is 11.0 Å². The van der Waals surface area contributed by atoms with Gasteiger partial charge in [0, 0.05) is 12.7 Å². The molecule has 0 bridgehead atoms. The maximum Gasteiger partial charge on any atom is 0.261 e. The van der Waals surface area contributed by atoms with Gasteiger partial charge in [-0.15, -0.1) is 4.40 Å². The van der Waals surface area contributed by atoms with Crippen molar-refractivity contribution < 1.29 is 13.2 Å². The van der Waals surface area contributed by atoms with Crippen LogP contribution in [-0.2, 0) is 14.8 Å². The zero-order valence-electron chi connectivity index (χ0n) is 13.3. The van der Waals surface area contributed by atoms with Crippen LogP contribution in [0.3, 0.4) is 0 Å². The molecule has 1 aromatic heterocycles. The minimum absolute atomic E-state index is 0.0626. The van der Waals surface area contributed by atoms with Crippen molar-refractivity contribution in [3.8, 4) is 0 Å². The van der Waals surface area contributed by atoms with Gasteiger partial charge in [0.25, 0.3) is 15.9 Å². The van der Waals surface area contributed by atoms with Crippen molar-refractivity contribution in [2.45, 2.75) is 6.92 Å². The van der Waals surface area contributed by atoms with Crippen molar-refractivity contribution in [2.75, 3.05) is 17.6 Å². The molecule has 2 aliphatic heterocycles. The van der Waals surface area contributed by atoms with Crippen LogP contribution in [0.2, 0.25) is 0 Å². The maximum atomic E-state index is 12.6. The molecule has 0 spiro atoms. The van der Waals surface area contributed by atoms with Crippen LogP contribution < -0.4 is 5.32 Å². The number of nitrogens with zero attached hydrogens (tertiary/aromatic N) is 3. The third kappa shape index (κ3) is 2.96. The first-order valence-electron chi connectivity index (χ1n) is 7.59. The van der Waals surface area contributed by atoms with E-state index < -0.39 is 15.9 Å². The lowest BCUT2D eigenvalue weighted by Gasteiger charge is -2.28. The number of nitrogens with one attached hydrogen (secondary N) is 1. The highest BCUT2D eigenvalue weighted by Gasteiger charge is 2.30. The van der Waals surface area contributed by atoms with Crippen molar-refractivity contribution in [2.24, 2.45) is 4.40 Å². The summed E-state index contributed by atoms with van der Waals surface area (Å²) in [6, 6.07) is 5.84. The predicted molar refractivity (Wildman–Crippen MR) is 98.1 cm³/mol. The van der Waals surface area contributed by atoms with Crippen LogP contribution in [-0.4, -0.2) is 42.3 Å². The van der Waals surface area contributed by atoms with E-state index in [1.807, 2.05) is 25.1 Å². The van der Waals surface area contributed by atoms with E-state index in [-0.39, 0.29) is 23.7 Å². The van der Waals surface area contributed by atoms with Crippen molar-refractivity contribution in [1.82, 2.24) is 9.88 Å². The second kappa shape index (κ2) is 5.78. The first-order valence-corrected chi connectivity index (χ1v) is 10.0. The number of rotatable bonds is 2. The third-order valence-electron chi connectivity index (χ3n) is 3.94. The van der Waals surface area contributed by atoms with E-state index in [1.54, 1.807) is 23.3 Å². The Morgan fingerprint density at radius 3 is 3.00 bits per heavy atom. The quantitative estimate of drug-likeness (QED) is 0.868. The number of carbonyl (C=O) groups is 1. The Kier molecular flexibility index (Phi) is 3.69. The number of amidine groups is 1. The first-order chi connectivity index (χ1) is 11.9. The van der Waals surface area contributed by atoms with E-state index in [0.717, 1.165) is 15.8 Å². The SMILES string of the molecule is Cc1cccc2sc(NC(=O)C3=CC=CN4CCS(=O)(=O)N=C34)nc12. The zero-order valence-corrected chi connectivity index (χ0v) is 14.9.